The lowest BCUT2D eigenvalue weighted by atomic mass is 10.1. The maximum Gasteiger partial charge on any atom is 0.416 e. The molecule has 156 valence electrons. The van der Waals surface area contributed by atoms with Gasteiger partial charge in [0.25, 0.3) is 5.91 Å². The summed E-state index contributed by atoms with van der Waals surface area (Å²) in [5.74, 6) is -1.36. The zero-order valence-electron chi connectivity index (χ0n) is 15.9. The van der Waals surface area contributed by atoms with E-state index >= 15 is 0 Å². The summed E-state index contributed by atoms with van der Waals surface area (Å²) in [6.45, 7) is 3.37. The van der Waals surface area contributed by atoms with Crippen LogP contribution in [-0.4, -0.2) is 28.1 Å². The maximum absolute atomic E-state index is 12.8. The van der Waals surface area contributed by atoms with Crippen molar-refractivity contribution < 1.29 is 22.8 Å². The van der Waals surface area contributed by atoms with Crippen molar-refractivity contribution in [1.82, 2.24) is 15.5 Å². The lowest BCUT2D eigenvalue weighted by Crippen LogP contribution is -2.41. The molecule has 2 amide bonds. The van der Waals surface area contributed by atoms with Crippen LogP contribution in [0, 0.1) is 6.92 Å². The van der Waals surface area contributed by atoms with E-state index in [2.05, 4.69) is 20.8 Å². The van der Waals surface area contributed by atoms with Crippen LogP contribution >= 0.6 is 11.3 Å². The summed E-state index contributed by atoms with van der Waals surface area (Å²) in [5, 5.41) is 13.8. The van der Waals surface area contributed by atoms with E-state index in [0.29, 0.717) is 5.01 Å². The number of aromatic nitrogens is 2. The lowest BCUT2D eigenvalue weighted by Gasteiger charge is -2.14. The minimum absolute atomic E-state index is 0.192. The van der Waals surface area contributed by atoms with Gasteiger partial charge in [-0.15, -0.1) is 10.2 Å². The first-order chi connectivity index (χ1) is 14.1. The molecule has 0 radical (unpaired) electrons. The van der Waals surface area contributed by atoms with Crippen LogP contribution in [0.3, 0.4) is 0 Å². The average molecular weight is 434 g/mol. The van der Waals surface area contributed by atoms with Crippen LogP contribution in [0.2, 0.25) is 0 Å². The summed E-state index contributed by atoms with van der Waals surface area (Å²) >= 11 is 1.17. The topological polar surface area (TPSA) is 84.0 Å². The zero-order chi connectivity index (χ0) is 21.9. The number of alkyl halides is 3. The van der Waals surface area contributed by atoms with E-state index < -0.39 is 29.6 Å². The Morgan fingerprint density at radius 1 is 1.07 bits per heavy atom. The molecule has 0 aliphatic carbocycles. The summed E-state index contributed by atoms with van der Waals surface area (Å²) in [6, 6.07) is 10.6. The number of benzene rings is 2. The molecule has 1 unspecified atom stereocenters. The molecular weight excluding hydrogens is 417 g/mol. The molecule has 2 aromatic carbocycles. The van der Waals surface area contributed by atoms with Gasteiger partial charge in [0, 0.05) is 11.1 Å². The number of hydrogen-bond donors (Lipinski definition) is 2. The van der Waals surface area contributed by atoms with Gasteiger partial charge >= 0.3 is 6.18 Å². The van der Waals surface area contributed by atoms with E-state index in [1.807, 2.05) is 31.2 Å². The van der Waals surface area contributed by atoms with Crippen LogP contribution in [-0.2, 0) is 11.0 Å². The van der Waals surface area contributed by atoms with E-state index in [1.54, 1.807) is 0 Å². The fourth-order valence-electron chi connectivity index (χ4n) is 2.56. The molecule has 3 aromatic rings. The van der Waals surface area contributed by atoms with E-state index in [4.69, 9.17) is 0 Å². The van der Waals surface area contributed by atoms with Crippen LogP contribution in [0.4, 0.5) is 18.3 Å². The first-order valence-electron chi connectivity index (χ1n) is 8.83. The predicted octanol–water partition coefficient (Wildman–Crippen LogP) is 4.29. The molecule has 6 nitrogen and oxygen atoms in total. The van der Waals surface area contributed by atoms with Crippen LogP contribution < -0.4 is 10.6 Å². The molecule has 0 saturated carbocycles. The molecule has 0 bridgehead atoms. The number of nitrogens with one attached hydrogen (secondary N) is 2. The number of nitrogens with zero attached hydrogens (tertiary/aromatic N) is 2. The Morgan fingerprint density at radius 3 is 2.50 bits per heavy atom. The first kappa shape index (κ1) is 21.4. The van der Waals surface area contributed by atoms with Gasteiger partial charge in [0.2, 0.25) is 11.0 Å². The third-order valence-corrected chi connectivity index (χ3v) is 5.00. The second-order valence-electron chi connectivity index (χ2n) is 6.54. The van der Waals surface area contributed by atoms with Crippen molar-refractivity contribution in [3.63, 3.8) is 0 Å². The van der Waals surface area contributed by atoms with Gasteiger partial charge in [-0.3, -0.25) is 14.9 Å². The summed E-state index contributed by atoms with van der Waals surface area (Å²) < 4.78 is 38.4. The maximum atomic E-state index is 12.8. The summed E-state index contributed by atoms with van der Waals surface area (Å²) in [6.07, 6.45) is -4.56. The molecule has 0 saturated heterocycles. The molecule has 1 aromatic heterocycles. The second kappa shape index (κ2) is 8.62. The molecule has 1 atom stereocenters. The Balaban J connectivity index is 1.63. The highest BCUT2D eigenvalue weighted by Crippen LogP contribution is 2.29. The zero-order valence-corrected chi connectivity index (χ0v) is 16.8. The minimum Gasteiger partial charge on any atom is -0.341 e. The average Bonchev–Trinajstić information content (AvgIpc) is 3.16. The number of halogens is 3. The van der Waals surface area contributed by atoms with Crippen molar-refractivity contribution in [3.05, 3.63) is 65.2 Å². The molecule has 0 aliphatic rings. The van der Waals surface area contributed by atoms with Crippen molar-refractivity contribution in [2.24, 2.45) is 0 Å². The summed E-state index contributed by atoms with van der Waals surface area (Å²) in [4.78, 5) is 24.6. The van der Waals surface area contributed by atoms with Gasteiger partial charge in [0.1, 0.15) is 11.0 Å². The van der Waals surface area contributed by atoms with Gasteiger partial charge in [0.05, 0.1) is 5.56 Å². The molecule has 1 heterocycles. The SMILES string of the molecule is Cc1cccc(-c2nnc(NC(=O)C(C)NC(=O)c3cccc(C(F)(F)F)c3)s2)c1. The van der Waals surface area contributed by atoms with Crippen LogP contribution in [0.5, 0.6) is 0 Å². The molecule has 10 heteroatoms. The normalized spacial score (nSPS) is 12.3. The van der Waals surface area contributed by atoms with Crippen molar-refractivity contribution in [2.45, 2.75) is 26.1 Å². The molecule has 3 rings (SSSR count). The number of amides is 2. The van der Waals surface area contributed by atoms with Crippen molar-refractivity contribution in [1.29, 1.82) is 0 Å². The number of carbonyl (C=O) groups is 2. The number of carbonyl (C=O) groups excluding carboxylic acids is 2. The van der Waals surface area contributed by atoms with E-state index in [9.17, 15) is 22.8 Å². The van der Waals surface area contributed by atoms with Crippen LogP contribution in [0.25, 0.3) is 10.6 Å². The quantitative estimate of drug-likeness (QED) is 0.628. The Labute approximate surface area is 174 Å². The Bertz CT molecular complexity index is 1080. The molecule has 30 heavy (non-hydrogen) atoms. The largest absolute Gasteiger partial charge is 0.416 e. The third kappa shape index (κ3) is 5.20. The fourth-order valence-corrected chi connectivity index (χ4v) is 3.31. The molecule has 2 N–H and O–H groups in total. The van der Waals surface area contributed by atoms with Crippen molar-refractivity contribution in [3.8, 4) is 10.6 Å². The number of anilines is 1. The van der Waals surface area contributed by atoms with Gasteiger partial charge in [0.15, 0.2) is 0 Å². The molecular formula is C20H17F3N4O2S. The highest BCUT2D eigenvalue weighted by atomic mass is 32.1. The first-order valence-corrected chi connectivity index (χ1v) is 9.64. The Morgan fingerprint density at radius 2 is 1.80 bits per heavy atom. The number of hydrogen-bond acceptors (Lipinski definition) is 5. The van der Waals surface area contributed by atoms with E-state index in [-0.39, 0.29) is 10.7 Å². The van der Waals surface area contributed by atoms with E-state index in [0.717, 1.165) is 29.3 Å². The van der Waals surface area contributed by atoms with Gasteiger partial charge in [-0.1, -0.05) is 41.2 Å². The fraction of sp³-hybridized carbons (Fsp3) is 0.200. The highest BCUT2D eigenvalue weighted by Gasteiger charge is 2.31. The molecule has 0 spiro atoms. The van der Waals surface area contributed by atoms with Gasteiger partial charge in [-0.2, -0.15) is 13.2 Å². The van der Waals surface area contributed by atoms with Crippen LogP contribution in [0.1, 0.15) is 28.4 Å². The minimum atomic E-state index is -4.56. The predicted molar refractivity (Wildman–Crippen MR) is 107 cm³/mol. The molecule has 0 aliphatic heterocycles. The monoisotopic (exact) mass is 434 g/mol. The summed E-state index contributed by atoms with van der Waals surface area (Å²) in [5.41, 5.74) is 0.782. The van der Waals surface area contributed by atoms with Crippen molar-refractivity contribution >= 4 is 28.3 Å². The number of aryl methyl sites for hydroxylation is 1. The van der Waals surface area contributed by atoms with E-state index in [1.165, 1.54) is 24.3 Å². The molecule has 0 fully saturated rings. The highest BCUT2D eigenvalue weighted by molar-refractivity contribution is 7.18. The lowest BCUT2D eigenvalue weighted by molar-refractivity contribution is -0.137. The Hall–Kier alpha value is -3.27. The smallest absolute Gasteiger partial charge is 0.341 e. The van der Waals surface area contributed by atoms with Crippen LogP contribution in [0.15, 0.2) is 48.5 Å². The van der Waals surface area contributed by atoms with Gasteiger partial charge in [-0.25, -0.2) is 0 Å². The number of rotatable bonds is 5. The third-order valence-electron chi connectivity index (χ3n) is 4.11. The second-order valence-corrected chi connectivity index (χ2v) is 7.52. The Kier molecular flexibility index (Phi) is 6.16. The standard InChI is InChI=1S/C20H17F3N4O2S/c1-11-5-3-7-14(9-11)18-26-27-19(30-18)25-16(28)12(2)24-17(29)13-6-4-8-15(10-13)20(21,22)23/h3-10,12H,1-2H3,(H,24,29)(H,25,27,28). The van der Waals surface area contributed by atoms with Gasteiger partial charge in [-0.05, 0) is 38.1 Å². The van der Waals surface area contributed by atoms with Crippen molar-refractivity contribution in [2.75, 3.05) is 5.32 Å². The van der Waals surface area contributed by atoms with Gasteiger partial charge < -0.3 is 5.32 Å². The summed E-state index contributed by atoms with van der Waals surface area (Å²) in [7, 11) is 0.